The van der Waals surface area contributed by atoms with Gasteiger partial charge in [0.1, 0.15) is 11.5 Å². The minimum absolute atomic E-state index is 0.0226. The van der Waals surface area contributed by atoms with Gasteiger partial charge in [0.25, 0.3) is 5.91 Å². The summed E-state index contributed by atoms with van der Waals surface area (Å²) in [7, 11) is 0. The molecule has 0 radical (unpaired) electrons. The van der Waals surface area contributed by atoms with Crippen molar-refractivity contribution in [1.29, 1.82) is 0 Å². The molecule has 30 heavy (non-hydrogen) atoms. The lowest BCUT2D eigenvalue weighted by Crippen LogP contribution is -2.18. The first-order valence-electron chi connectivity index (χ1n) is 8.29. The predicted molar refractivity (Wildman–Crippen MR) is 103 cm³/mol. The van der Waals surface area contributed by atoms with Crippen molar-refractivity contribution in [3.8, 4) is 11.3 Å². The molecule has 2 aromatic carbocycles. The van der Waals surface area contributed by atoms with Gasteiger partial charge in [-0.05, 0) is 48.5 Å². The van der Waals surface area contributed by atoms with Gasteiger partial charge in [-0.1, -0.05) is 17.7 Å². The van der Waals surface area contributed by atoms with E-state index in [1.165, 1.54) is 36.4 Å². The third-order valence-corrected chi connectivity index (χ3v) is 4.25. The van der Waals surface area contributed by atoms with Crippen LogP contribution in [0.2, 0.25) is 5.02 Å². The molecule has 1 aromatic heterocycles. The molecular formula is C20H12ClF3N2O4. The molecule has 2 N–H and O–H groups in total. The second-order valence-corrected chi connectivity index (χ2v) is 6.39. The largest absolute Gasteiger partial charge is 0.478 e. The maximum absolute atomic E-state index is 12.7. The SMILES string of the molecule is O=C(O)c1ccc(Cl)c(-c2ccc(/C=N/NC(=O)c3cccc(C(F)(F)F)c3)o2)c1. The lowest BCUT2D eigenvalue weighted by atomic mass is 10.1. The smallest absolute Gasteiger partial charge is 0.416 e. The van der Waals surface area contributed by atoms with Crippen molar-refractivity contribution in [3.05, 3.63) is 82.1 Å². The maximum atomic E-state index is 12.7. The Morgan fingerprint density at radius 1 is 1.07 bits per heavy atom. The lowest BCUT2D eigenvalue weighted by molar-refractivity contribution is -0.137. The Kier molecular flexibility index (Phi) is 5.93. The Hall–Kier alpha value is -3.59. The van der Waals surface area contributed by atoms with Gasteiger partial charge >= 0.3 is 12.1 Å². The first kappa shape index (κ1) is 21.1. The van der Waals surface area contributed by atoms with E-state index in [1.54, 1.807) is 0 Å². The molecule has 10 heteroatoms. The van der Waals surface area contributed by atoms with Crippen molar-refractivity contribution in [2.45, 2.75) is 6.18 Å². The number of aromatic carboxylic acids is 1. The average molecular weight is 437 g/mol. The molecule has 0 atom stereocenters. The zero-order valence-electron chi connectivity index (χ0n) is 14.9. The quantitative estimate of drug-likeness (QED) is 0.431. The standard InChI is InChI=1S/C20H12ClF3N2O4/c21-16-6-4-12(19(28)29)9-15(16)17-7-5-14(30-17)10-25-26-18(27)11-2-1-3-13(8-11)20(22,23)24/h1-10H,(H,26,27)(H,28,29)/b25-10+. The van der Waals surface area contributed by atoms with Gasteiger partial charge < -0.3 is 9.52 Å². The Labute approximate surface area is 172 Å². The molecule has 0 aliphatic rings. The number of carbonyl (C=O) groups excluding carboxylic acids is 1. The summed E-state index contributed by atoms with van der Waals surface area (Å²) in [4.78, 5) is 23.1. The van der Waals surface area contributed by atoms with Crippen molar-refractivity contribution in [2.24, 2.45) is 5.10 Å². The number of furan rings is 1. The molecule has 154 valence electrons. The van der Waals surface area contributed by atoms with Gasteiger partial charge in [0.2, 0.25) is 0 Å². The third-order valence-electron chi connectivity index (χ3n) is 3.92. The van der Waals surface area contributed by atoms with E-state index in [4.69, 9.17) is 21.1 Å². The van der Waals surface area contributed by atoms with E-state index in [0.717, 1.165) is 18.3 Å². The van der Waals surface area contributed by atoms with Crippen LogP contribution in [0, 0.1) is 0 Å². The summed E-state index contributed by atoms with van der Waals surface area (Å²) in [6, 6.07) is 11.1. The highest BCUT2D eigenvalue weighted by Crippen LogP contribution is 2.31. The van der Waals surface area contributed by atoms with Crippen molar-refractivity contribution < 1.29 is 32.3 Å². The Bertz CT molecular complexity index is 1140. The summed E-state index contributed by atoms with van der Waals surface area (Å²) < 4.78 is 43.7. The van der Waals surface area contributed by atoms with Crippen molar-refractivity contribution >= 4 is 29.7 Å². The monoisotopic (exact) mass is 436 g/mol. The van der Waals surface area contributed by atoms with Gasteiger partial charge in [0.05, 0.1) is 22.4 Å². The number of amides is 1. The molecule has 0 bridgehead atoms. The Balaban J connectivity index is 1.72. The van der Waals surface area contributed by atoms with Crippen LogP contribution in [0.5, 0.6) is 0 Å². The molecule has 1 heterocycles. The lowest BCUT2D eigenvalue weighted by Gasteiger charge is -2.07. The molecule has 0 fully saturated rings. The zero-order chi connectivity index (χ0) is 21.9. The van der Waals surface area contributed by atoms with Crippen LogP contribution in [0.3, 0.4) is 0 Å². The highest BCUT2D eigenvalue weighted by molar-refractivity contribution is 6.33. The first-order chi connectivity index (χ1) is 14.1. The fraction of sp³-hybridized carbons (Fsp3) is 0.0500. The molecule has 0 unspecified atom stereocenters. The minimum Gasteiger partial charge on any atom is -0.478 e. The molecule has 6 nitrogen and oxygen atoms in total. The van der Waals surface area contributed by atoms with Crippen LogP contribution < -0.4 is 5.43 Å². The highest BCUT2D eigenvalue weighted by Gasteiger charge is 2.30. The molecule has 1 amide bonds. The fourth-order valence-corrected chi connectivity index (χ4v) is 2.68. The van der Waals surface area contributed by atoms with Crippen LogP contribution in [0.4, 0.5) is 13.2 Å². The third kappa shape index (κ3) is 4.87. The molecule has 0 saturated carbocycles. The fourth-order valence-electron chi connectivity index (χ4n) is 2.47. The molecular weight excluding hydrogens is 425 g/mol. The summed E-state index contributed by atoms with van der Waals surface area (Å²) >= 11 is 6.08. The van der Waals surface area contributed by atoms with Gasteiger partial charge in [-0.25, -0.2) is 10.2 Å². The number of carbonyl (C=O) groups is 2. The zero-order valence-corrected chi connectivity index (χ0v) is 15.7. The summed E-state index contributed by atoms with van der Waals surface area (Å²) in [5.41, 5.74) is 1.33. The number of carboxylic acids is 1. The maximum Gasteiger partial charge on any atom is 0.416 e. The number of halogens is 4. The van der Waals surface area contributed by atoms with E-state index in [1.807, 2.05) is 0 Å². The van der Waals surface area contributed by atoms with Gasteiger partial charge in [-0.15, -0.1) is 0 Å². The van der Waals surface area contributed by atoms with Gasteiger partial charge in [0.15, 0.2) is 0 Å². The number of nitrogens with zero attached hydrogens (tertiary/aromatic N) is 1. The number of nitrogens with one attached hydrogen (secondary N) is 1. The number of hydrogen-bond donors (Lipinski definition) is 2. The van der Waals surface area contributed by atoms with Crippen LogP contribution in [0.25, 0.3) is 11.3 Å². The first-order valence-corrected chi connectivity index (χ1v) is 8.66. The Morgan fingerprint density at radius 2 is 1.83 bits per heavy atom. The molecule has 0 aliphatic carbocycles. The Morgan fingerprint density at radius 3 is 2.53 bits per heavy atom. The van der Waals surface area contributed by atoms with E-state index in [-0.39, 0.29) is 27.7 Å². The van der Waals surface area contributed by atoms with Crippen molar-refractivity contribution in [2.75, 3.05) is 0 Å². The van der Waals surface area contributed by atoms with E-state index in [2.05, 4.69) is 10.5 Å². The van der Waals surface area contributed by atoms with Crippen LogP contribution in [0.15, 0.2) is 64.1 Å². The normalized spacial score (nSPS) is 11.6. The molecule has 0 spiro atoms. The second kappa shape index (κ2) is 8.42. The van der Waals surface area contributed by atoms with E-state index in [9.17, 15) is 22.8 Å². The molecule has 3 aromatic rings. The molecule has 3 rings (SSSR count). The van der Waals surface area contributed by atoms with E-state index < -0.39 is 23.6 Å². The number of hydrogen-bond acceptors (Lipinski definition) is 4. The van der Waals surface area contributed by atoms with E-state index >= 15 is 0 Å². The number of carboxylic acid groups (broad SMARTS) is 1. The van der Waals surface area contributed by atoms with Crippen LogP contribution in [0.1, 0.15) is 32.0 Å². The minimum atomic E-state index is -4.57. The highest BCUT2D eigenvalue weighted by atomic mass is 35.5. The van der Waals surface area contributed by atoms with Gasteiger partial charge in [0, 0.05) is 11.1 Å². The predicted octanol–water partition coefficient (Wildman–Crippen LogP) is 5.08. The van der Waals surface area contributed by atoms with Crippen molar-refractivity contribution in [3.63, 3.8) is 0 Å². The van der Waals surface area contributed by atoms with Gasteiger partial charge in [-0.3, -0.25) is 4.79 Å². The number of benzene rings is 2. The average Bonchev–Trinajstić information content (AvgIpc) is 3.16. The number of alkyl halides is 3. The van der Waals surface area contributed by atoms with Crippen LogP contribution in [-0.2, 0) is 6.18 Å². The summed E-state index contributed by atoms with van der Waals surface area (Å²) in [6.07, 6.45) is -3.42. The summed E-state index contributed by atoms with van der Waals surface area (Å²) in [5, 5.41) is 13.0. The summed E-state index contributed by atoms with van der Waals surface area (Å²) in [5.74, 6) is -1.49. The van der Waals surface area contributed by atoms with Crippen LogP contribution >= 0.6 is 11.6 Å². The van der Waals surface area contributed by atoms with Crippen LogP contribution in [-0.4, -0.2) is 23.2 Å². The van der Waals surface area contributed by atoms with E-state index in [0.29, 0.717) is 11.6 Å². The molecule has 0 saturated heterocycles. The number of rotatable bonds is 5. The number of hydrazone groups is 1. The summed E-state index contributed by atoms with van der Waals surface area (Å²) in [6.45, 7) is 0. The van der Waals surface area contributed by atoms with Gasteiger partial charge in [-0.2, -0.15) is 18.3 Å². The molecule has 0 aliphatic heterocycles. The second-order valence-electron chi connectivity index (χ2n) is 5.98. The topological polar surface area (TPSA) is 91.9 Å². The van der Waals surface area contributed by atoms with Crippen molar-refractivity contribution in [1.82, 2.24) is 5.43 Å².